The van der Waals surface area contributed by atoms with Gasteiger partial charge in [0, 0.05) is 20.3 Å². The van der Waals surface area contributed by atoms with Gasteiger partial charge in [-0.05, 0) is 20.3 Å². The molecule has 0 aliphatic rings. The summed E-state index contributed by atoms with van der Waals surface area (Å²) < 4.78 is 15.0. The van der Waals surface area contributed by atoms with E-state index >= 15 is 0 Å². The molecule has 0 amide bonds. The van der Waals surface area contributed by atoms with Crippen LogP contribution in [-0.2, 0) is 19.0 Å². The molecule has 0 spiro atoms. The Bertz CT molecular complexity index is 175. The van der Waals surface area contributed by atoms with Gasteiger partial charge in [0.2, 0.25) is 0 Å². The Balaban J connectivity index is 3.70. The summed E-state index contributed by atoms with van der Waals surface area (Å²) in [5.41, 5.74) is 5.58. The highest BCUT2D eigenvalue weighted by molar-refractivity contribution is 5.75. The first-order valence-corrected chi connectivity index (χ1v) is 5.14. The topological polar surface area (TPSA) is 70.8 Å². The van der Waals surface area contributed by atoms with E-state index in [0.29, 0.717) is 26.2 Å². The Labute approximate surface area is 90.9 Å². The number of rotatable bonds is 8. The summed E-state index contributed by atoms with van der Waals surface area (Å²) in [6, 6.07) is -0.617. The zero-order valence-electron chi connectivity index (χ0n) is 9.69. The number of hydrogen-bond acceptors (Lipinski definition) is 5. The first kappa shape index (κ1) is 14.3. The van der Waals surface area contributed by atoms with Crippen LogP contribution in [0.2, 0.25) is 0 Å². The number of carbonyl (C=O) groups is 1. The van der Waals surface area contributed by atoms with E-state index in [-0.39, 0.29) is 6.10 Å². The molecule has 90 valence electrons. The number of esters is 1. The van der Waals surface area contributed by atoms with Crippen molar-refractivity contribution >= 4 is 5.97 Å². The van der Waals surface area contributed by atoms with Gasteiger partial charge in [0.1, 0.15) is 12.1 Å². The van der Waals surface area contributed by atoms with Gasteiger partial charge < -0.3 is 19.9 Å². The van der Waals surface area contributed by atoms with Crippen molar-refractivity contribution < 1.29 is 19.0 Å². The summed E-state index contributed by atoms with van der Waals surface area (Å²) in [6.07, 6.45) is 0.211. The van der Waals surface area contributed by atoms with Gasteiger partial charge in [-0.25, -0.2) is 0 Å². The third-order valence-electron chi connectivity index (χ3n) is 1.81. The van der Waals surface area contributed by atoms with E-state index in [9.17, 15) is 4.79 Å². The van der Waals surface area contributed by atoms with Crippen molar-refractivity contribution in [2.75, 3.05) is 26.9 Å². The van der Waals surface area contributed by atoms with Gasteiger partial charge in [-0.3, -0.25) is 4.79 Å². The molecular formula is C10H21NO4. The maximum absolute atomic E-state index is 11.4. The van der Waals surface area contributed by atoms with Gasteiger partial charge in [-0.15, -0.1) is 0 Å². The van der Waals surface area contributed by atoms with Crippen LogP contribution in [0.4, 0.5) is 0 Å². The minimum absolute atomic E-state index is 0.258. The van der Waals surface area contributed by atoms with Crippen LogP contribution in [0.1, 0.15) is 20.3 Å². The highest BCUT2D eigenvalue weighted by Gasteiger charge is 2.17. The lowest BCUT2D eigenvalue weighted by Gasteiger charge is -2.16. The van der Waals surface area contributed by atoms with Crippen LogP contribution in [0.5, 0.6) is 0 Å². The monoisotopic (exact) mass is 219 g/mol. The first-order chi connectivity index (χ1) is 7.11. The summed E-state index contributed by atoms with van der Waals surface area (Å²) in [6.45, 7) is 5.13. The lowest BCUT2D eigenvalue weighted by molar-refractivity contribution is -0.153. The van der Waals surface area contributed by atoms with Crippen molar-refractivity contribution in [1.29, 1.82) is 0 Å². The van der Waals surface area contributed by atoms with Crippen LogP contribution in [0, 0.1) is 0 Å². The van der Waals surface area contributed by atoms with E-state index in [4.69, 9.17) is 19.9 Å². The third-order valence-corrected chi connectivity index (χ3v) is 1.81. The standard InChI is InChI=1S/C10H21NO4/c1-4-14-7-8(2)15-10(12)9(11)5-6-13-3/h8-9H,4-7,11H2,1-3H3. The second-order valence-corrected chi connectivity index (χ2v) is 3.29. The molecule has 0 bridgehead atoms. The molecule has 0 rings (SSSR count). The smallest absolute Gasteiger partial charge is 0.323 e. The number of hydrogen-bond donors (Lipinski definition) is 1. The molecule has 0 fully saturated rings. The minimum atomic E-state index is -0.617. The Kier molecular flexibility index (Phi) is 8.27. The van der Waals surface area contributed by atoms with E-state index in [1.165, 1.54) is 0 Å². The molecule has 2 unspecified atom stereocenters. The molecule has 5 heteroatoms. The Morgan fingerprint density at radius 2 is 2.13 bits per heavy atom. The fourth-order valence-corrected chi connectivity index (χ4v) is 0.966. The number of ether oxygens (including phenoxy) is 3. The molecule has 0 aromatic rings. The van der Waals surface area contributed by atoms with E-state index in [1.54, 1.807) is 14.0 Å². The summed E-state index contributed by atoms with van der Waals surface area (Å²) >= 11 is 0. The molecule has 0 heterocycles. The zero-order chi connectivity index (χ0) is 11.7. The molecule has 0 aromatic heterocycles. The molecule has 0 saturated carbocycles. The molecular weight excluding hydrogens is 198 g/mol. The number of methoxy groups -OCH3 is 1. The predicted molar refractivity (Wildman–Crippen MR) is 56.5 cm³/mol. The van der Waals surface area contributed by atoms with Gasteiger partial charge in [0.05, 0.1) is 6.61 Å². The number of carbonyl (C=O) groups excluding carboxylic acids is 1. The maximum Gasteiger partial charge on any atom is 0.323 e. The molecule has 15 heavy (non-hydrogen) atoms. The maximum atomic E-state index is 11.4. The third kappa shape index (κ3) is 7.30. The molecule has 0 radical (unpaired) electrons. The van der Waals surface area contributed by atoms with Gasteiger partial charge in [-0.1, -0.05) is 0 Å². The van der Waals surface area contributed by atoms with Gasteiger partial charge in [-0.2, -0.15) is 0 Å². The minimum Gasteiger partial charge on any atom is -0.459 e. The van der Waals surface area contributed by atoms with Crippen LogP contribution < -0.4 is 5.73 Å². The average Bonchev–Trinajstić information content (AvgIpc) is 2.22. The highest BCUT2D eigenvalue weighted by Crippen LogP contribution is 1.98. The summed E-state index contributed by atoms with van der Waals surface area (Å²) in [7, 11) is 1.57. The molecule has 0 saturated heterocycles. The molecule has 0 aromatic carbocycles. The van der Waals surface area contributed by atoms with Crippen LogP contribution >= 0.6 is 0 Å². The predicted octanol–water partition coefficient (Wildman–Crippen LogP) is 0.318. The molecule has 2 atom stereocenters. The van der Waals surface area contributed by atoms with Crippen LogP contribution in [-0.4, -0.2) is 45.0 Å². The Hall–Kier alpha value is -0.650. The van der Waals surface area contributed by atoms with E-state index < -0.39 is 12.0 Å². The normalized spacial score (nSPS) is 14.7. The summed E-state index contributed by atoms with van der Waals surface area (Å²) in [5.74, 6) is -0.403. The van der Waals surface area contributed by atoms with Gasteiger partial charge in [0.25, 0.3) is 0 Å². The molecule has 2 N–H and O–H groups in total. The van der Waals surface area contributed by atoms with Crippen molar-refractivity contribution in [3.8, 4) is 0 Å². The number of nitrogens with two attached hydrogens (primary N) is 1. The van der Waals surface area contributed by atoms with Gasteiger partial charge >= 0.3 is 5.97 Å². The van der Waals surface area contributed by atoms with Crippen LogP contribution in [0.25, 0.3) is 0 Å². The first-order valence-electron chi connectivity index (χ1n) is 5.14. The summed E-state index contributed by atoms with van der Waals surface area (Å²) in [4.78, 5) is 11.4. The average molecular weight is 219 g/mol. The zero-order valence-corrected chi connectivity index (χ0v) is 9.69. The van der Waals surface area contributed by atoms with Gasteiger partial charge in [0.15, 0.2) is 0 Å². The van der Waals surface area contributed by atoms with E-state index in [1.807, 2.05) is 6.92 Å². The second kappa shape index (κ2) is 8.64. The lowest BCUT2D eigenvalue weighted by Crippen LogP contribution is -2.36. The molecule has 5 nitrogen and oxygen atoms in total. The van der Waals surface area contributed by atoms with E-state index in [0.717, 1.165) is 0 Å². The quantitative estimate of drug-likeness (QED) is 0.595. The van der Waals surface area contributed by atoms with Crippen molar-refractivity contribution in [3.63, 3.8) is 0 Å². The van der Waals surface area contributed by atoms with Crippen molar-refractivity contribution in [1.82, 2.24) is 0 Å². The lowest BCUT2D eigenvalue weighted by atomic mass is 10.2. The van der Waals surface area contributed by atoms with Crippen LogP contribution in [0.15, 0.2) is 0 Å². The van der Waals surface area contributed by atoms with Crippen molar-refractivity contribution in [3.05, 3.63) is 0 Å². The Morgan fingerprint density at radius 3 is 2.67 bits per heavy atom. The van der Waals surface area contributed by atoms with Crippen molar-refractivity contribution in [2.24, 2.45) is 5.73 Å². The fourth-order valence-electron chi connectivity index (χ4n) is 0.966. The summed E-state index contributed by atoms with van der Waals surface area (Å²) in [5, 5.41) is 0. The SMILES string of the molecule is CCOCC(C)OC(=O)C(N)CCOC. The fraction of sp³-hybridized carbons (Fsp3) is 0.900. The second-order valence-electron chi connectivity index (χ2n) is 3.29. The van der Waals surface area contributed by atoms with Crippen LogP contribution in [0.3, 0.4) is 0 Å². The molecule has 0 aliphatic heterocycles. The Morgan fingerprint density at radius 1 is 1.47 bits per heavy atom. The largest absolute Gasteiger partial charge is 0.459 e. The highest BCUT2D eigenvalue weighted by atomic mass is 16.6. The molecule has 0 aliphatic carbocycles. The van der Waals surface area contributed by atoms with Crippen molar-refractivity contribution in [2.45, 2.75) is 32.4 Å². The van der Waals surface area contributed by atoms with E-state index in [2.05, 4.69) is 0 Å².